The number of fused-ring (bicyclic) bond motifs is 8. The van der Waals surface area contributed by atoms with Gasteiger partial charge < -0.3 is 4.42 Å². The Balaban J connectivity index is 1.24. The van der Waals surface area contributed by atoms with E-state index in [-0.39, 0.29) is 16.4 Å². The summed E-state index contributed by atoms with van der Waals surface area (Å²) < 4.78 is 6.74. The molecule has 0 atom stereocenters. The van der Waals surface area contributed by atoms with Gasteiger partial charge in [-0.15, -0.1) is 16.4 Å². The summed E-state index contributed by atoms with van der Waals surface area (Å²) in [5, 5.41) is 11.0. The second-order valence-electron chi connectivity index (χ2n) is 13.5. The number of rotatable bonds is 3. The molecule has 0 aliphatic rings. The minimum absolute atomic E-state index is 0.196. The lowest BCUT2D eigenvalue weighted by Crippen LogP contribution is -2.55. The highest BCUT2D eigenvalue weighted by molar-refractivity contribution is 6.69. The lowest BCUT2D eigenvalue weighted by atomic mass is 9.59. The highest BCUT2D eigenvalue weighted by Gasteiger charge is 2.22. The molecule has 1 nitrogen and oxygen atoms in total. The van der Waals surface area contributed by atoms with Gasteiger partial charge in [0, 0.05) is 16.3 Å². The summed E-state index contributed by atoms with van der Waals surface area (Å²) in [4.78, 5) is 0. The Bertz CT molecular complexity index is 3050. The average Bonchev–Trinajstić information content (AvgIpc) is 3.57. The first-order valence-corrected chi connectivity index (χ1v) is 17.2. The summed E-state index contributed by atoms with van der Waals surface area (Å²) in [6.07, 6.45) is 0. The van der Waals surface area contributed by atoms with Crippen LogP contribution in [0.4, 0.5) is 0 Å². The van der Waals surface area contributed by atoms with Crippen LogP contribution in [0.25, 0.3) is 98.4 Å². The van der Waals surface area contributed by atoms with Gasteiger partial charge in [-0.05, 0) is 83.0 Å². The quantitative estimate of drug-likeness (QED) is 0.113. The molecule has 9 aromatic carbocycles. The Kier molecular flexibility index (Phi) is 6.89. The maximum Gasteiger partial charge on any atom is 0.143 e. The van der Waals surface area contributed by atoms with Crippen molar-refractivity contribution in [1.82, 2.24) is 0 Å². The predicted octanol–water partition coefficient (Wildman–Crippen LogP) is 7.17. The molecular weight excluding hydrogens is 623 g/mol. The van der Waals surface area contributed by atoms with Crippen LogP contribution in [0.15, 0.2) is 144 Å². The summed E-state index contributed by atoms with van der Waals surface area (Å²) in [6, 6.07) is 49.0. The van der Waals surface area contributed by atoms with Crippen LogP contribution < -0.4 is 27.3 Å². The lowest BCUT2D eigenvalue weighted by Gasteiger charge is -2.25. The molecule has 6 heteroatoms. The van der Waals surface area contributed by atoms with E-state index in [9.17, 15) is 0 Å². The van der Waals surface area contributed by atoms with Crippen molar-refractivity contribution in [3.05, 3.63) is 140 Å². The fourth-order valence-corrected chi connectivity index (χ4v) is 8.28. The Morgan fingerprint density at radius 2 is 0.865 bits per heavy atom. The second kappa shape index (κ2) is 11.6. The molecule has 0 unspecified atom stereocenters. The largest absolute Gasteiger partial charge is 0.455 e. The van der Waals surface area contributed by atoms with Crippen molar-refractivity contribution in [2.24, 2.45) is 0 Å². The molecule has 10 rings (SSSR count). The topological polar surface area (TPSA) is 13.1 Å². The molecule has 10 aromatic rings. The molecular formula is C46H23B5O. The zero-order valence-electron chi connectivity index (χ0n) is 28.1. The van der Waals surface area contributed by atoms with Crippen LogP contribution in [-0.2, 0) is 0 Å². The van der Waals surface area contributed by atoms with Crippen molar-refractivity contribution < 1.29 is 4.42 Å². The maximum absolute atomic E-state index is 6.74. The number of hydrogen-bond donors (Lipinski definition) is 0. The highest BCUT2D eigenvalue weighted by atomic mass is 16.3. The molecule has 1 heterocycles. The standard InChI is InChI=1S/C46H23B5O/c47-41-40(42(48)44(50)45(51)43(41)49)39-30-14-5-3-12-28(30)38(29-13-4-6-15-31(29)39)26-21-22-36-35(23-26)34-18-8-17-33(46(34)52-36)32-16-7-10-25-20-19-24-9-1-2-11-27(24)37(25)32/h1-23H. The summed E-state index contributed by atoms with van der Waals surface area (Å²) in [6.45, 7) is 0. The molecule has 0 aliphatic carbocycles. The molecule has 0 saturated heterocycles. The zero-order chi connectivity index (χ0) is 35.2. The molecule has 0 amide bonds. The minimum atomic E-state index is 0.196. The monoisotopic (exact) mass is 646 g/mol. The Hall–Kier alpha value is -5.86. The van der Waals surface area contributed by atoms with Gasteiger partial charge in [-0.1, -0.05) is 138 Å². The van der Waals surface area contributed by atoms with Gasteiger partial charge in [0.25, 0.3) is 0 Å². The highest BCUT2D eigenvalue weighted by Crippen LogP contribution is 2.45. The first-order chi connectivity index (χ1) is 25.4. The van der Waals surface area contributed by atoms with Crippen LogP contribution in [-0.4, -0.2) is 39.2 Å². The van der Waals surface area contributed by atoms with Crippen molar-refractivity contribution in [3.8, 4) is 33.4 Å². The van der Waals surface area contributed by atoms with Gasteiger partial charge >= 0.3 is 0 Å². The smallest absolute Gasteiger partial charge is 0.143 e. The van der Waals surface area contributed by atoms with E-state index < -0.39 is 0 Å². The van der Waals surface area contributed by atoms with E-state index in [4.69, 9.17) is 43.6 Å². The molecule has 52 heavy (non-hydrogen) atoms. The third-order valence-corrected chi connectivity index (χ3v) is 10.7. The van der Waals surface area contributed by atoms with E-state index in [1.807, 2.05) is 12.1 Å². The third kappa shape index (κ3) is 4.37. The van der Waals surface area contributed by atoms with E-state index in [2.05, 4.69) is 127 Å². The molecule has 0 saturated carbocycles. The molecule has 1 aromatic heterocycles. The van der Waals surface area contributed by atoms with Gasteiger partial charge in [0.2, 0.25) is 0 Å². The van der Waals surface area contributed by atoms with Crippen molar-refractivity contribution in [1.29, 1.82) is 0 Å². The van der Waals surface area contributed by atoms with Crippen LogP contribution in [0, 0.1) is 0 Å². The first-order valence-electron chi connectivity index (χ1n) is 17.2. The molecule has 10 radical (unpaired) electrons. The summed E-state index contributed by atoms with van der Waals surface area (Å²) in [5.74, 6) is 0. The molecule has 0 aliphatic heterocycles. The lowest BCUT2D eigenvalue weighted by molar-refractivity contribution is 0.670. The molecule has 0 bridgehead atoms. The molecule has 0 N–H and O–H groups in total. The van der Waals surface area contributed by atoms with Crippen molar-refractivity contribution in [2.45, 2.75) is 0 Å². The summed E-state index contributed by atoms with van der Waals surface area (Å²) >= 11 is 0. The Labute approximate surface area is 307 Å². The Morgan fingerprint density at radius 3 is 1.56 bits per heavy atom. The molecule has 0 fully saturated rings. The molecule has 228 valence electrons. The Morgan fingerprint density at radius 1 is 0.346 bits per heavy atom. The van der Waals surface area contributed by atoms with Gasteiger partial charge in [0.1, 0.15) is 50.4 Å². The minimum Gasteiger partial charge on any atom is -0.455 e. The van der Waals surface area contributed by atoms with E-state index >= 15 is 0 Å². The SMILES string of the molecule is [B]c1c([B])c([B])c(-c2c3ccccc3c(-c3ccc4oc5c(-c6cccc7ccc8ccccc8c67)cccc5c4c3)c3ccccc23)c([B])c1[B]. The second-order valence-corrected chi connectivity index (χ2v) is 13.5. The van der Waals surface area contributed by atoms with Gasteiger partial charge in [0.15, 0.2) is 0 Å². The predicted molar refractivity (Wildman–Crippen MR) is 227 cm³/mol. The van der Waals surface area contributed by atoms with Crippen LogP contribution in [0.2, 0.25) is 0 Å². The molecule has 0 spiro atoms. The fraction of sp³-hybridized carbons (Fsp3) is 0. The number of para-hydroxylation sites is 1. The van der Waals surface area contributed by atoms with Crippen LogP contribution in [0.5, 0.6) is 0 Å². The van der Waals surface area contributed by atoms with Crippen LogP contribution in [0.3, 0.4) is 0 Å². The third-order valence-electron chi connectivity index (χ3n) is 10.7. The average molecular weight is 646 g/mol. The summed E-state index contributed by atoms with van der Waals surface area (Å²) in [5.41, 5.74) is 8.80. The number of benzene rings is 9. The normalized spacial score (nSPS) is 11.8. The van der Waals surface area contributed by atoms with Crippen molar-refractivity contribution in [2.75, 3.05) is 0 Å². The van der Waals surface area contributed by atoms with Gasteiger partial charge in [-0.2, -0.15) is 0 Å². The van der Waals surface area contributed by atoms with Crippen LogP contribution in [0.1, 0.15) is 0 Å². The number of hydrogen-bond acceptors (Lipinski definition) is 1. The van der Waals surface area contributed by atoms with E-state index in [1.54, 1.807) is 0 Å². The maximum atomic E-state index is 6.74. The van der Waals surface area contributed by atoms with Crippen LogP contribution >= 0.6 is 0 Å². The van der Waals surface area contributed by atoms with E-state index in [0.717, 1.165) is 71.3 Å². The fourth-order valence-electron chi connectivity index (χ4n) is 8.28. The van der Waals surface area contributed by atoms with Crippen molar-refractivity contribution >= 4 is 132 Å². The van der Waals surface area contributed by atoms with E-state index in [0.29, 0.717) is 16.5 Å². The van der Waals surface area contributed by atoms with Gasteiger partial charge in [-0.25, -0.2) is 0 Å². The number of furan rings is 1. The van der Waals surface area contributed by atoms with Gasteiger partial charge in [0.05, 0.1) is 0 Å². The summed E-state index contributed by atoms with van der Waals surface area (Å²) in [7, 11) is 32.3. The van der Waals surface area contributed by atoms with E-state index in [1.165, 1.54) is 21.5 Å². The first kappa shape index (κ1) is 30.9. The van der Waals surface area contributed by atoms with Gasteiger partial charge in [-0.3, -0.25) is 0 Å². The zero-order valence-corrected chi connectivity index (χ0v) is 28.1. The van der Waals surface area contributed by atoms with Crippen molar-refractivity contribution in [3.63, 3.8) is 0 Å².